The van der Waals surface area contributed by atoms with E-state index < -0.39 is 0 Å². The van der Waals surface area contributed by atoms with Crippen molar-refractivity contribution in [3.8, 4) is 0 Å². The molecule has 2 aromatic rings. The van der Waals surface area contributed by atoms with Crippen LogP contribution < -0.4 is 5.56 Å². The number of hydrogen-bond donors (Lipinski definition) is 0. The SMILES string of the molecule is CCCc1nc2ccccc2c(=O)n1CC1CCN(C(=O)CC(C)CC(C)(C)C)CC1. The van der Waals surface area contributed by atoms with Gasteiger partial charge in [-0.3, -0.25) is 14.2 Å². The van der Waals surface area contributed by atoms with Crippen LogP contribution in [0.4, 0.5) is 0 Å². The van der Waals surface area contributed by atoms with Crippen LogP contribution in [0, 0.1) is 17.3 Å². The lowest BCUT2D eigenvalue weighted by Gasteiger charge is -2.33. The molecule has 5 nitrogen and oxygen atoms in total. The van der Waals surface area contributed by atoms with Gasteiger partial charge >= 0.3 is 0 Å². The van der Waals surface area contributed by atoms with E-state index in [1.807, 2.05) is 33.7 Å². The van der Waals surface area contributed by atoms with E-state index in [0.717, 1.165) is 56.5 Å². The van der Waals surface area contributed by atoms with Crippen molar-refractivity contribution in [1.29, 1.82) is 0 Å². The van der Waals surface area contributed by atoms with Gasteiger partial charge in [0.05, 0.1) is 10.9 Å². The first-order chi connectivity index (χ1) is 14.7. The third-order valence-electron chi connectivity index (χ3n) is 6.31. The number of carbonyl (C=O) groups is 1. The maximum absolute atomic E-state index is 13.2. The number of aryl methyl sites for hydroxylation is 1. The van der Waals surface area contributed by atoms with E-state index in [1.54, 1.807) is 0 Å². The van der Waals surface area contributed by atoms with E-state index in [9.17, 15) is 9.59 Å². The Hall–Kier alpha value is -2.17. The number of piperidine rings is 1. The molecule has 1 amide bonds. The molecule has 0 aliphatic carbocycles. The van der Waals surface area contributed by atoms with Crippen LogP contribution in [0.5, 0.6) is 0 Å². The second kappa shape index (κ2) is 9.97. The Morgan fingerprint density at radius 2 is 1.87 bits per heavy atom. The first-order valence-corrected chi connectivity index (χ1v) is 11.9. The predicted octanol–water partition coefficient (Wildman–Crippen LogP) is 5.05. The molecule has 1 aliphatic heterocycles. The van der Waals surface area contributed by atoms with E-state index in [-0.39, 0.29) is 16.9 Å². The Bertz CT molecular complexity index is 949. The monoisotopic (exact) mass is 425 g/mol. The number of hydrogen-bond acceptors (Lipinski definition) is 3. The average molecular weight is 426 g/mol. The standard InChI is InChI=1S/C26H39N3O2/c1-6-9-23-27-22-11-8-7-10-21(22)25(31)29(23)18-20-12-14-28(15-13-20)24(30)16-19(2)17-26(3,4)5/h7-8,10-11,19-20H,6,9,12-18H2,1-5H3. The second-order valence-corrected chi connectivity index (χ2v) is 10.6. The number of para-hydroxylation sites is 1. The van der Waals surface area contributed by atoms with Crippen molar-refractivity contribution in [3.05, 3.63) is 40.4 Å². The van der Waals surface area contributed by atoms with Crippen LogP contribution in [0.3, 0.4) is 0 Å². The number of fused-ring (bicyclic) bond motifs is 1. The summed E-state index contributed by atoms with van der Waals surface area (Å²) in [5.41, 5.74) is 1.12. The van der Waals surface area contributed by atoms with Gasteiger partial charge in [0.15, 0.2) is 0 Å². The summed E-state index contributed by atoms with van der Waals surface area (Å²) in [4.78, 5) is 32.8. The van der Waals surface area contributed by atoms with E-state index in [1.165, 1.54) is 0 Å². The minimum Gasteiger partial charge on any atom is -0.343 e. The molecule has 2 heterocycles. The molecule has 1 aromatic carbocycles. The molecule has 1 aromatic heterocycles. The summed E-state index contributed by atoms with van der Waals surface area (Å²) in [7, 11) is 0. The fraction of sp³-hybridized carbons (Fsp3) is 0.654. The molecule has 1 atom stereocenters. The van der Waals surface area contributed by atoms with Gasteiger partial charge in [-0.25, -0.2) is 4.98 Å². The molecule has 0 spiro atoms. The topological polar surface area (TPSA) is 55.2 Å². The first-order valence-electron chi connectivity index (χ1n) is 11.9. The second-order valence-electron chi connectivity index (χ2n) is 10.6. The predicted molar refractivity (Wildman–Crippen MR) is 127 cm³/mol. The van der Waals surface area contributed by atoms with Gasteiger partial charge in [0.1, 0.15) is 5.82 Å². The van der Waals surface area contributed by atoms with Crippen molar-refractivity contribution >= 4 is 16.8 Å². The minimum atomic E-state index is 0.0727. The molecule has 3 rings (SSSR count). The summed E-state index contributed by atoms with van der Waals surface area (Å²) >= 11 is 0. The number of amides is 1. The van der Waals surface area contributed by atoms with Crippen molar-refractivity contribution in [3.63, 3.8) is 0 Å². The molecule has 0 bridgehead atoms. The Morgan fingerprint density at radius 1 is 1.19 bits per heavy atom. The summed E-state index contributed by atoms with van der Waals surface area (Å²) in [5.74, 6) is 1.99. The van der Waals surface area contributed by atoms with Crippen molar-refractivity contribution in [1.82, 2.24) is 14.5 Å². The number of aromatic nitrogens is 2. The van der Waals surface area contributed by atoms with Crippen LogP contribution in [0.15, 0.2) is 29.1 Å². The highest BCUT2D eigenvalue weighted by Crippen LogP contribution is 2.27. The molecular formula is C26H39N3O2. The number of likely N-dealkylation sites (tertiary alicyclic amines) is 1. The Balaban J connectivity index is 1.64. The van der Waals surface area contributed by atoms with Crippen LogP contribution in [0.2, 0.25) is 0 Å². The van der Waals surface area contributed by atoms with Gasteiger partial charge < -0.3 is 4.90 Å². The molecule has 0 saturated carbocycles. The van der Waals surface area contributed by atoms with Gasteiger partial charge in [0.2, 0.25) is 5.91 Å². The molecule has 31 heavy (non-hydrogen) atoms. The van der Waals surface area contributed by atoms with E-state index in [4.69, 9.17) is 4.98 Å². The summed E-state index contributed by atoms with van der Waals surface area (Å²) in [6, 6.07) is 7.63. The average Bonchev–Trinajstić information content (AvgIpc) is 2.70. The normalized spacial score (nSPS) is 16.6. The lowest BCUT2D eigenvalue weighted by Crippen LogP contribution is -2.41. The molecule has 1 unspecified atom stereocenters. The van der Waals surface area contributed by atoms with Crippen molar-refractivity contribution in [2.45, 2.75) is 79.7 Å². The smallest absolute Gasteiger partial charge is 0.261 e. The fourth-order valence-electron chi connectivity index (χ4n) is 4.98. The zero-order valence-electron chi connectivity index (χ0n) is 20.0. The summed E-state index contributed by atoms with van der Waals surface area (Å²) in [5, 5.41) is 0.697. The van der Waals surface area contributed by atoms with Gasteiger partial charge in [-0.1, -0.05) is 46.8 Å². The maximum atomic E-state index is 13.2. The Morgan fingerprint density at radius 3 is 2.52 bits per heavy atom. The Kier molecular flexibility index (Phi) is 7.55. The van der Waals surface area contributed by atoms with Crippen molar-refractivity contribution in [2.24, 2.45) is 17.3 Å². The van der Waals surface area contributed by atoms with Gasteiger partial charge in [-0.15, -0.1) is 0 Å². The van der Waals surface area contributed by atoms with Gasteiger partial charge in [-0.05, 0) is 55.1 Å². The number of carbonyl (C=O) groups excluding carboxylic acids is 1. The lowest BCUT2D eigenvalue weighted by molar-refractivity contribution is -0.133. The molecule has 5 heteroatoms. The van der Waals surface area contributed by atoms with Gasteiger partial charge in [-0.2, -0.15) is 0 Å². The fourth-order valence-corrected chi connectivity index (χ4v) is 4.98. The van der Waals surface area contributed by atoms with E-state index in [2.05, 4.69) is 34.6 Å². The molecule has 1 fully saturated rings. The minimum absolute atomic E-state index is 0.0727. The highest BCUT2D eigenvalue weighted by atomic mass is 16.2. The molecule has 1 aliphatic rings. The van der Waals surface area contributed by atoms with Gasteiger partial charge in [0, 0.05) is 32.5 Å². The lowest BCUT2D eigenvalue weighted by atomic mass is 9.84. The van der Waals surface area contributed by atoms with Crippen LogP contribution >= 0.6 is 0 Å². The number of benzene rings is 1. The molecule has 170 valence electrons. The number of nitrogens with zero attached hydrogens (tertiary/aromatic N) is 3. The third kappa shape index (κ3) is 6.18. The molecule has 0 radical (unpaired) electrons. The molecule has 0 N–H and O–H groups in total. The van der Waals surface area contributed by atoms with Crippen molar-refractivity contribution in [2.75, 3.05) is 13.1 Å². The summed E-state index contributed by atoms with van der Waals surface area (Å²) in [6.45, 7) is 13.3. The van der Waals surface area contributed by atoms with E-state index in [0.29, 0.717) is 30.2 Å². The van der Waals surface area contributed by atoms with Crippen LogP contribution in [0.25, 0.3) is 10.9 Å². The van der Waals surface area contributed by atoms with Crippen LogP contribution in [0.1, 0.15) is 72.5 Å². The highest BCUT2D eigenvalue weighted by Gasteiger charge is 2.26. The summed E-state index contributed by atoms with van der Waals surface area (Å²) < 4.78 is 1.90. The van der Waals surface area contributed by atoms with E-state index >= 15 is 0 Å². The first kappa shape index (κ1) is 23.5. The third-order valence-corrected chi connectivity index (χ3v) is 6.31. The molecular weight excluding hydrogens is 386 g/mol. The van der Waals surface area contributed by atoms with Crippen LogP contribution in [-0.2, 0) is 17.8 Å². The Labute approximate surface area is 186 Å². The zero-order chi connectivity index (χ0) is 22.6. The number of rotatable bonds is 7. The zero-order valence-corrected chi connectivity index (χ0v) is 20.0. The maximum Gasteiger partial charge on any atom is 0.261 e. The largest absolute Gasteiger partial charge is 0.343 e. The van der Waals surface area contributed by atoms with Crippen molar-refractivity contribution < 1.29 is 4.79 Å². The summed E-state index contributed by atoms with van der Waals surface area (Å²) in [6.07, 6.45) is 5.37. The highest BCUT2D eigenvalue weighted by molar-refractivity contribution is 5.77. The van der Waals surface area contributed by atoms with Gasteiger partial charge in [0.25, 0.3) is 5.56 Å². The molecule has 1 saturated heterocycles. The quantitative estimate of drug-likeness (QED) is 0.624. The van der Waals surface area contributed by atoms with Crippen LogP contribution in [-0.4, -0.2) is 33.4 Å².